The fraction of sp³-hybridized carbons (Fsp3) is 0.281. The smallest absolute Gasteiger partial charge is 0.338 e. The summed E-state index contributed by atoms with van der Waals surface area (Å²) in [6, 6.07) is 12.4. The van der Waals surface area contributed by atoms with Gasteiger partial charge in [-0.05, 0) is 69.7 Å². The maximum atomic E-state index is 14.2. The highest BCUT2D eigenvalue weighted by Gasteiger charge is 2.35. The lowest BCUT2D eigenvalue weighted by Crippen LogP contribution is -2.40. The molecule has 1 atom stereocenters. The van der Waals surface area contributed by atoms with Gasteiger partial charge in [-0.2, -0.15) is 0 Å². The van der Waals surface area contributed by atoms with Crippen molar-refractivity contribution in [3.63, 3.8) is 0 Å². The Balaban J connectivity index is 1.52. The number of hydrogen-bond donors (Lipinski definition) is 0. The Hall–Kier alpha value is -4.77. The first-order valence-electron chi connectivity index (χ1n) is 13.8. The number of fused-ring (bicyclic) bond motifs is 2. The highest BCUT2D eigenvalue weighted by molar-refractivity contribution is 7.07. The molecule has 0 saturated heterocycles. The molecule has 222 valence electrons. The summed E-state index contributed by atoms with van der Waals surface area (Å²) in [6.07, 6.45) is 1.88. The summed E-state index contributed by atoms with van der Waals surface area (Å²) in [7, 11) is 3.10. The van der Waals surface area contributed by atoms with Crippen LogP contribution in [0.3, 0.4) is 0 Å². The summed E-state index contributed by atoms with van der Waals surface area (Å²) in [6.45, 7) is 7.91. The lowest BCUT2D eigenvalue weighted by molar-refractivity contribution is -0.139. The molecule has 2 aromatic heterocycles. The molecule has 2 aliphatic rings. The Labute approximate surface area is 251 Å². The number of allylic oxidation sites excluding steroid dienone is 1. The molecule has 11 heteroatoms. The second-order valence-corrected chi connectivity index (χ2v) is 11.1. The van der Waals surface area contributed by atoms with Crippen LogP contribution in [0.5, 0.6) is 23.0 Å². The minimum absolute atomic E-state index is 0.186. The maximum Gasteiger partial charge on any atom is 0.338 e. The van der Waals surface area contributed by atoms with Gasteiger partial charge in [0.15, 0.2) is 16.3 Å². The van der Waals surface area contributed by atoms with E-state index in [2.05, 4.69) is 9.56 Å². The molecule has 0 spiro atoms. The van der Waals surface area contributed by atoms with Crippen molar-refractivity contribution >= 4 is 23.4 Å². The molecule has 2 aliphatic heterocycles. The summed E-state index contributed by atoms with van der Waals surface area (Å²) in [4.78, 5) is 32.6. The molecule has 6 rings (SSSR count). The first kappa shape index (κ1) is 28.4. The second kappa shape index (κ2) is 11.1. The Morgan fingerprint density at radius 3 is 2.60 bits per heavy atom. The third-order valence-corrected chi connectivity index (χ3v) is 8.61. The Bertz CT molecular complexity index is 1980. The van der Waals surface area contributed by atoms with E-state index in [0.29, 0.717) is 43.6 Å². The fourth-order valence-corrected chi connectivity index (χ4v) is 6.66. The Kier molecular flexibility index (Phi) is 7.35. The van der Waals surface area contributed by atoms with Gasteiger partial charge in [0.25, 0.3) is 5.56 Å². The molecule has 0 amide bonds. The van der Waals surface area contributed by atoms with E-state index in [1.807, 2.05) is 44.2 Å². The van der Waals surface area contributed by atoms with E-state index in [-0.39, 0.29) is 24.5 Å². The van der Waals surface area contributed by atoms with Gasteiger partial charge in [0.2, 0.25) is 6.79 Å². The zero-order chi connectivity index (χ0) is 30.4. The van der Waals surface area contributed by atoms with E-state index in [1.54, 1.807) is 50.8 Å². The lowest BCUT2D eigenvalue weighted by Gasteiger charge is -2.26. The fourth-order valence-electron chi connectivity index (χ4n) is 5.63. The van der Waals surface area contributed by atoms with E-state index in [0.717, 1.165) is 22.6 Å². The number of benzene rings is 2. The van der Waals surface area contributed by atoms with Gasteiger partial charge in [-0.1, -0.05) is 11.3 Å². The van der Waals surface area contributed by atoms with Gasteiger partial charge in [-0.25, -0.2) is 9.79 Å². The van der Waals surface area contributed by atoms with Gasteiger partial charge in [-0.15, -0.1) is 0 Å². The van der Waals surface area contributed by atoms with Gasteiger partial charge in [0.1, 0.15) is 17.5 Å². The molecule has 0 saturated carbocycles. The number of carbonyl (C=O) groups is 1. The normalized spacial score (nSPS) is 15.8. The van der Waals surface area contributed by atoms with Crippen LogP contribution < -0.4 is 33.8 Å². The van der Waals surface area contributed by atoms with E-state index < -0.39 is 12.0 Å². The van der Waals surface area contributed by atoms with E-state index >= 15 is 0 Å². The monoisotopic (exact) mass is 601 g/mol. The molecule has 0 aliphatic carbocycles. The van der Waals surface area contributed by atoms with E-state index in [1.165, 1.54) is 11.3 Å². The molecular formula is C32H31N3O7S. The molecule has 0 unspecified atom stereocenters. The molecule has 0 bridgehead atoms. The quantitative estimate of drug-likeness (QED) is 0.296. The van der Waals surface area contributed by atoms with Crippen LogP contribution in [0.4, 0.5) is 0 Å². The van der Waals surface area contributed by atoms with Crippen LogP contribution in [0.25, 0.3) is 11.8 Å². The first-order chi connectivity index (χ1) is 20.7. The van der Waals surface area contributed by atoms with Crippen molar-refractivity contribution in [2.45, 2.75) is 33.7 Å². The molecule has 4 heterocycles. The third kappa shape index (κ3) is 4.79. The number of aromatic nitrogens is 2. The van der Waals surface area contributed by atoms with Crippen molar-refractivity contribution in [1.82, 2.24) is 9.13 Å². The van der Waals surface area contributed by atoms with Crippen LogP contribution in [0.1, 0.15) is 42.4 Å². The highest BCUT2D eigenvalue weighted by atomic mass is 32.1. The highest BCUT2D eigenvalue weighted by Crippen LogP contribution is 2.38. The van der Waals surface area contributed by atoms with Crippen LogP contribution >= 0.6 is 11.3 Å². The summed E-state index contributed by atoms with van der Waals surface area (Å²) >= 11 is 1.27. The number of nitrogens with zero attached hydrogens (tertiary/aromatic N) is 3. The molecule has 0 radical (unpaired) electrons. The summed E-state index contributed by atoms with van der Waals surface area (Å²) in [5.74, 6) is 1.94. The van der Waals surface area contributed by atoms with Crippen LogP contribution in [0.15, 0.2) is 63.5 Å². The number of aryl methyl sites for hydroxylation is 1. The number of thiazole rings is 1. The van der Waals surface area contributed by atoms with Crippen LogP contribution in [0, 0.1) is 13.8 Å². The number of methoxy groups -OCH3 is 2. The van der Waals surface area contributed by atoms with Crippen molar-refractivity contribution in [3.05, 3.63) is 95.9 Å². The average molecular weight is 602 g/mol. The van der Waals surface area contributed by atoms with Crippen molar-refractivity contribution in [1.29, 1.82) is 0 Å². The number of esters is 1. The van der Waals surface area contributed by atoms with Crippen molar-refractivity contribution in [2.75, 3.05) is 27.6 Å². The maximum absolute atomic E-state index is 14.2. The van der Waals surface area contributed by atoms with Crippen LogP contribution in [-0.2, 0) is 9.53 Å². The zero-order valence-corrected chi connectivity index (χ0v) is 25.5. The van der Waals surface area contributed by atoms with Gasteiger partial charge >= 0.3 is 5.97 Å². The minimum atomic E-state index is -0.806. The van der Waals surface area contributed by atoms with Crippen molar-refractivity contribution in [2.24, 2.45) is 4.99 Å². The van der Waals surface area contributed by atoms with Gasteiger partial charge in [0.05, 0.1) is 36.6 Å². The molecule has 4 aromatic rings. The Morgan fingerprint density at radius 1 is 1.07 bits per heavy atom. The number of rotatable bonds is 7. The second-order valence-electron chi connectivity index (χ2n) is 10.1. The summed E-state index contributed by atoms with van der Waals surface area (Å²) < 4.78 is 31.7. The largest absolute Gasteiger partial charge is 0.497 e. The topological polar surface area (TPSA) is 103 Å². The van der Waals surface area contributed by atoms with Gasteiger partial charge in [-0.3, -0.25) is 9.36 Å². The van der Waals surface area contributed by atoms with Crippen molar-refractivity contribution in [3.8, 4) is 28.7 Å². The predicted molar refractivity (Wildman–Crippen MR) is 161 cm³/mol. The van der Waals surface area contributed by atoms with E-state index in [9.17, 15) is 9.59 Å². The summed E-state index contributed by atoms with van der Waals surface area (Å²) in [5.41, 5.74) is 4.89. The lowest BCUT2D eigenvalue weighted by atomic mass is 9.95. The van der Waals surface area contributed by atoms with Gasteiger partial charge in [0, 0.05) is 34.8 Å². The third-order valence-electron chi connectivity index (χ3n) is 7.62. The minimum Gasteiger partial charge on any atom is -0.497 e. The SMILES string of the molecule is CCOC(=O)C1=C(C)N=c2s/c(=C/c3cc(C)n(-c4ccc5c(c4)OCO5)c3C)c(=O)n2[C@H]1c1ccc(OC)cc1OC. The number of carbonyl (C=O) groups excluding carboxylic acids is 1. The number of ether oxygens (including phenoxy) is 5. The Morgan fingerprint density at radius 2 is 1.86 bits per heavy atom. The van der Waals surface area contributed by atoms with Crippen LogP contribution in [-0.4, -0.2) is 42.7 Å². The van der Waals surface area contributed by atoms with Gasteiger partial charge < -0.3 is 28.3 Å². The average Bonchev–Trinajstić information content (AvgIpc) is 3.67. The number of hydrogen-bond acceptors (Lipinski definition) is 9. The molecule has 2 aromatic carbocycles. The standard InChI is InChI=1S/C32H31N3O7S/c1-7-40-31(37)28-18(3)33-32-35(29(28)23-10-9-22(38-5)15-25(23)39-6)30(36)27(43-32)13-20-12-17(2)34(19(20)4)21-8-11-24-26(14-21)42-16-41-24/h8-15,29H,7,16H2,1-6H3/b27-13+/t29-/m0/s1. The molecular weight excluding hydrogens is 570 g/mol. The van der Waals surface area contributed by atoms with E-state index in [4.69, 9.17) is 23.7 Å². The molecule has 43 heavy (non-hydrogen) atoms. The van der Waals surface area contributed by atoms with Crippen LogP contribution in [0.2, 0.25) is 0 Å². The first-order valence-corrected chi connectivity index (χ1v) is 14.6. The molecule has 0 N–H and O–H groups in total. The molecule has 0 fully saturated rings. The predicted octanol–water partition coefficient (Wildman–Crippen LogP) is 3.95. The van der Waals surface area contributed by atoms with Crippen molar-refractivity contribution < 1.29 is 28.5 Å². The summed E-state index contributed by atoms with van der Waals surface area (Å²) in [5, 5.41) is 0. The zero-order valence-electron chi connectivity index (χ0n) is 24.7. The molecule has 10 nitrogen and oxygen atoms in total.